The predicted octanol–water partition coefficient (Wildman–Crippen LogP) is 14.0. The first kappa shape index (κ1) is 31.5. The van der Waals surface area contributed by atoms with Gasteiger partial charge in [-0.1, -0.05) is 176 Å². The van der Waals surface area contributed by atoms with Crippen molar-refractivity contribution < 1.29 is 0 Å². The molecule has 0 N–H and O–H groups in total. The van der Waals surface area contributed by atoms with E-state index in [1.54, 1.807) is 0 Å². The van der Waals surface area contributed by atoms with Gasteiger partial charge in [0.05, 0.1) is 0 Å². The molecule has 0 aliphatic rings. The summed E-state index contributed by atoms with van der Waals surface area (Å²) in [7, 11) is 0. The zero-order valence-corrected chi connectivity index (χ0v) is 30.5. The van der Waals surface area contributed by atoms with E-state index in [-0.39, 0.29) is 0 Å². The maximum Gasteiger partial charge on any atom is 0.164 e. The van der Waals surface area contributed by atoms with Crippen LogP contribution in [0, 0.1) is 0 Å². The summed E-state index contributed by atoms with van der Waals surface area (Å²) in [6, 6.07) is 66.8. The summed E-state index contributed by atoms with van der Waals surface area (Å²) >= 11 is 1.88. The molecule has 256 valence electrons. The second kappa shape index (κ2) is 12.8. The van der Waals surface area contributed by atoms with Crippen LogP contribution in [0.2, 0.25) is 0 Å². The van der Waals surface area contributed by atoms with Crippen molar-refractivity contribution in [1.82, 2.24) is 15.0 Å². The summed E-state index contributed by atoms with van der Waals surface area (Å²) in [5, 5.41) is 10.3. The van der Waals surface area contributed by atoms with Gasteiger partial charge >= 0.3 is 0 Å². The summed E-state index contributed by atoms with van der Waals surface area (Å²) in [5.74, 6) is 1.94. The van der Waals surface area contributed by atoms with Gasteiger partial charge in [0.15, 0.2) is 17.5 Å². The fourth-order valence-electron chi connectivity index (χ4n) is 8.20. The van der Waals surface area contributed by atoms with E-state index in [4.69, 9.17) is 15.0 Å². The first-order valence-corrected chi connectivity index (χ1v) is 19.3. The van der Waals surface area contributed by atoms with Gasteiger partial charge in [-0.05, 0) is 61.1 Å². The third kappa shape index (κ3) is 5.22. The molecule has 0 fully saturated rings. The smallest absolute Gasteiger partial charge is 0.164 e. The van der Waals surface area contributed by atoms with E-state index in [0.29, 0.717) is 17.5 Å². The van der Waals surface area contributed by atoms with Crippen molar-refractivity contribution in [1.29, 1.82) is 0 Å². The first-order chi connectivity index (χ1) is 27.3. The number of thiophene rings is 1. The standard InChI is InChI=1S/C51H31N3S/c1-3-16-32(17-4-1)49-52-50(33-18-5-2-6-19-33)54-51(53-49)43-27-14-13-24-38(43)36-22-7-10-23-37(36)41-28-15-29-42-46-30-44-39-25-11-8-20-34(39)35-21-9-12-26-40(35)45(44)31-47(46)55-48(41)42/h1-31H. The van der Waals surface area contributed by atoms with Crippen LogP contribution in [-0.4, -0.2) is 15.0 Å². The average Bonchev–Trinajstić information content (AvgIpc) is 3.64. The third-order valence-electron chi connectivity index (χ3n) is 10.7. The van der Waals surface area contributed by atoms with Crippen molar-refractivity contribution in [3.05, 3.63) is 188 Å². The number of hydrogen-bond donors (Lipinski definition) is 0. The van der Waals surface area contributed by atoms with Crippen LogP contribution in [0.4, 0.5) is 0 Å². The molecule has 2 aromatic heterocycles. The fourth-order valence-corrected chi connectivity index (χ4v) is 9.45. The van der Waals surface area contributed by atoms with Crippen LogP contribution >= 0.6 is 11.3 Å². The van der Waals surface area contributed by atoms with E-state index >= 15 is 0 Å². The molecule has 9 aromatic carbocycles. The molecule has 0 saturated carbocycles. The molecule has 55 heavy (non-hydrogen) atoms. The lowest BCUT2D eigenvalue weighted by molar-refractivity contribution is 1.07. The Morgan fingerprint density at radius 1 is 0.273 bits per heavy atom. The minimum Gasteiger partial charge on any atom is -0.208 e. The van der Waals surface area contributed by atoms with Crippen molar-refractivity contribution >= 4 is 63.8 Å². The van der Waals surface area contributed by atoms with Crippen LogP contribution in [0.3, 0.4) is 0 Å². The molecule has 0 spiro atoms. The highest BCUT2D eigenvalue weighted by Gasteiger charge is 2.20. The SMILES string of the molecule is c1ccc(-c2nc(-c3ccccc3)nc(-c3ccccc3-c3ccccc3-c3cccc4c3sc3cc5c6ccccc6c6ccccc6c5cc34)n2)cc1. The number of aromatic nitrogens is 3. The molecule has 11 rings (SSSR count). The zero-order chi connectivity index (χ0) is 36.3. The van der Waals surface area contributed by atoms with Gasteiger partial charge in [-0.25, -0.2) is 15.0 Å². The quantitative estimate of drug-likeness (QED) is 0.166. The Hall–Kier alpha value is -7.01. The molecule has 0 atom stereocenters. The van der Waals surface area contributed by atoms with Crippen molar-refractivity contribution in [2.45, 2.75) is 0 Å². The topological polar surface area (TPSA) is 38.7 Å². The molecule has 4 heteroatoms. The van der Waals surface area contributed by atoms with Crippen LogP contribution in [-0.2, 0) is 0 Å². The molecular formula is C51H31N3S. The van der Waals surface area contributed by atoms with Gasteiger partial charge in [-0.2, -0.15) is 0 Å². The highest BCUT2D eigenvalue weighted by atomic mass is 32.1. The van der Waals surface area contributed by atoms with E-state index < -0.39 is 0 Å². The predicted molar refractivity (Wildman–Crippen MR) is 232 cm³/mol. The number of benzene rings is 9. The van der Waals surface area contributed by atoms with E-state index in [1.165, 1.54) is 63.6 Å². The van der Waals surface area contributed by atoms with Crippen molar-refractivity contribution in [3.63, 3.8) is 0 Å². The summed E-state index contributed by atoms with van der Waals surface area (Å²) < 4.78 is 2.57. The molecule has 3 nitrogen and oxygen atoms in total. The lowest BCUT2D eigenvalue weighted by atomic mass is 9.90. The second-order valence-electron chi connectivity index (χ2n) is 13.9. The Kier molecular flexibility index (Phi) is 7.35. The lowest BCUT2D eigenvalue weighted by Crippen LogP contribution is -2.01. The molecule has 0 saturated heterocycles. The zero-order valence-electron chi connectivity index (χ0n) is 29.6. The highest BCUT2D eigenvalue weighted by molar-refractivity contribution is 7.26. The Morgan fingerprint density at radius 3 is 1.25 bits per heavy atom. The third-order valence-corrected chi connectivity index (χ3v) is 11.9. The second-order valence-corrected chi connectivity index (χ2v) is 15.0. The van der Waals surface area contributed by atoms with E-state index in [2.05, 4.69) is 152 Å². The number of hydrogen-bond acceptors (Lipinski definition) is 4. The Morgan fingerprint density at radius 2 is 0.673 bits per heavy atom. The normalized spacial score (nSPS) is 11.6. The molecule has 0 aliphatic carbocycles. The number of rotatable bonds is 5. The van der Waals surface area contributed by atoms with Crippen LogP contribution < -0.4 is 0 Å². The molecular weight excluding hydrogens is 687 g/mol. The molecule has 0 aliphatic heterocycles. The maximum absolute atomic E-state index is 5.12. The first-order valence-electron chi connectivity index (χ1n) is 18.5. The van der Waals surface area contributed by atoms with Gasteiger partial charge in [0.25, 0.3) is 0 Å². The van der Waals surface area contributed by atoms with Crippen LogP contribution in [0.1, 0.15) is 0 Å². The van der Waals surface area contributed by atoms with Crippen LogP contribution in [0.5, 0.6) is 0 Å². The highest BCUT2D eigenvalue weighted by Crippen LogP contribution is 2.46. The summed E-state index contributed by atoms with van der Waals surface area (Å²) in [4.78, 5) is 15.2. The minimum atomic E-state index is 0.643. The number of nitrogens with zero attached hydrogens (tertiary/aromatic N) is 3. The maximum atomic E-state index is 5.12. The van der Waals surface area contributed by atoms with Gasteiger partial charge in [0.1, 0.15) is 0 Å². The van der Waals surface area contributed by atoms with Crippen molar-refractivity contribution in [3.8, 4) is 56.4 Å². The summed E-state index contributed by atoms with van der Waals surface area (Å²) in [5.41, 5.74) is 7.46. The van der Waals surface area contributed by atoms with Crippen molar-refractivity contribution in [2.24, 2.45) is 0 Å². The van der Waals surface area contributed by atoms with E-state index in [9.17, 15) is 0 Å². The Labute approximate surface area is 321 Å². The van der Waals surface area contributed by atoms with Gasteiger partial charge in [-0.3, -0.25) is 0 Å². The molecule has 0 radical (unpaired) electrons. The molecule has 2 heterocycles. The molecule has 0 bridgehead atoms. The van der Waals surface area contributed by atoms with Crippen molar-refractivity contribution in [2.75, 3.05) is 0 Å². The van der Waals surface area contributed by atoms with Gasteiger partial charge in [0, 0.05) is 42.4 Å². The van der Waals surface area contributed by atoms with E-state index in [1.807, 2.05) is 47.7 Å². The van der Waals surface area contributed by atoms with Gasteiger partial charge in [0.2, 0.25) is 0 Å². The Bertz CT molecular complexity index is 3200. The fraction of sp³-hybridized carbons (Fsp3) is 0. The van der Waals surface area contributed by atoms with Gasteiger partial charge < -0.3 is 0 Å². The van der Waals surface area contributed by atoms with E-state index in [0.717, 1.165) is 27.8 Å². The average molecular weight is 718 g/mol. The minimum absolute atomic E-state index is 0.643. The van der Waals surface area contributed by atoms with Crippen LogP contribution in [0.25, 0.3) is 109 Å². The Balaban J connectivity index is 1.12. The molecule has 11 aromatic rings. The largest absolute Gasteiger partial charge is 0.208 e. The summed E-state index contributed by atoms with van der Waals surface area (Å²) in [6.07, 6.45) is 0. The van der Waals surface area contributed by atoms with Crippen LogP contribution in [0.15, 0.2) is 188 Å². The van der Waals surface area contributed by atoms with Gasteiger partial charge in [-0.15, -0.1) is 11.3 Å². The lowest BCUT2D eigenvalue weighted by Gasteiger charge is -2.15. The monoisotopic (exact) mass is 717 g/mol. The molecule has 0 unspecified atom stereocenters. The summed E-state index contributed by atoms with van der Waals surface area (Å²) in [6.45, 7) is 0. The number of fused-ring (bicyclic) bond motifs is 9. The molecule has 0 amide bonds.